The van der Waals surface area contributed by atoms with Gasteiger partial charge in [-0.15, -0.1) is 0 Å². The molecule has 0 aromatic rings. The number of carbonyl (C=O) groups excluding carboxylic acids is 1. The van der Waals surface area contributed by atoms with E-state index in [9.17, 15) is 13.2 Å². The first kappa shape index (κ1) is 24.6. The van der Waals surface area contributed by atoms with E-state index in [-0.39, 0.29) is 49.2 Å². The zero-order valence-corrected chi connectivity index (χ0v) is 17.3. The second kappa shape index (κ2) is 16.2. The van der Waals surface area contributed by atoms with E-state index in [2.05, 4.69) is 16.4 Å². The van der Waals surface area contributed by atoms with E-state index in [1.165, 1.54) is 44.9 Å². The predicted octanol–water partition coefficient (Wildman–Crippen LogP) is 0.116. The monoisotopic (exact) mass is 345 g/mol. The molecule has 0 atom stereocenters. The summed E-state index contributed by atoms with van der Waals surface area (Å²) in [4.78, 5) is 11.5. The van der Waals surface area contributed by atoms with E-state index >= 15 is 0 Å². The minimum Gasteiger partial charge on any atom is -1.00 e. The fourth-order valence-corrected chi connectivity index (χ4v) is 2.60. The van der Waals surface area contributed by atoms with Crippen molar-refractivity contribution < 1.29 is 48.4 Å². The Morgan fingerprint density at radius 3 is 2.00 bits per heavy atom. The molecule has 0 aliphatic carbocycles. The molecule has 0 rings (SSSR count). The van der Waals surface area contributed by atoms with Crippen LogP contribution in [0.4, 0.5) is 0 Å². The van der Waals surface area contributed by atoms with Crippen molar-refractivity contribution in [2.45, 2.75) is 71.1 Å². The minimum atomic E-state index is -3.47. The number of unbranched alkanes of at least 4 members (excludes halogenated alkanes) is 8. The van der Waals surface area contributed by atoms with Gasteiger partial charge in [-0.05, 0) is 6.42 Å². The Hall–Kier alpha value is 0.380. The minimum absolute atomic E-state index is 0. The van der Waals surface area contributed by atoms with Crippen molar-refractivity contribution in [2.75, 3.05) is 19.4 Å². The summed E-state index contributed by atoms with van der Waals surface area (Å²) in [5, 5.41) is 2.60. The Labute approximate surface area is 159 Å². The molecule has 0 heterocycles. The average Bonchev–Trinajstić information content (AvgIpc) is 2.45. The van der Waals surface area contributed by atoms with Gasteiger partial charge in [-0.2, -0.15) is 8.42 Å². The van der Waals surface area contributed by atoms with Crippen molar-refractivity contribution in [3.8, 4) is 0 Å². The second-order valence-electron chi connectivity index (χ2n) is 5.36. The molecule has 22 heavy (non-hydrogen) atoms. The smallest absolute Gasteiger partial charge is 1.00 e. The van der Waals surface area contributed by atoms with Crippen molar-refractivity contribution in [2.24, 2.45) is 0 Å². The molecule has 128 valence electrons. The van der Waals surface area contributed by atoms with Gasteiger partial charge >= 0.3 is 29.6 Å². The van der Waals surface area contributed by atoms with E-state index < -0.39 is 10.1 Å². The number of hydrogen-bond donors (Lipinski definition) is 1. The Morgan fingerprint density at radius 1 is 1.00 bits per heavy atom. The molecule has 0 saturated heterocycles. The Kier molecular flexibility index (Phi) is 18.2. The van der Waals surface area contributed by atoms with Crippen molar-refractivity contribution in [1.82, 2.24) is 5.32 Å². The molecule has 0 aliphatic heterocycles. The molecule has 0 unspecified atom stereocenters. The Morgan fingerprint density at radius 2 is 1.50 bits per heavy atom. The number of rotatable bonds is 14. The van der Waals surface area contributed by atoms with Crippen LogP contribution in [0.2, 0.25) is 0 Å². The van der Waals surface area contributed by atoms with Crippen molar-refractivity contribution in [1.29, 1.82) is 0 Å². The molecule has 0 saturated carbocycles. The summed E-state index contributed by atoms with van der Waals surface area (Å²) in [6.45, 7) is 2.34. The Bertz CT molecular complexity index is 366. The van der Waals surface area contributed by atoms with Gasteiger partial charge in [0.1, 0.15) is 0 Å². The van der Waals surface area contributed by atoms with Gasteiger partial charge in [0, 0.05) is 13.0 Å². The van der Waals surface area contributed by atoms with Crippen LogP contribution in [0.25, 0.3) is 0 Å². The first-order valence-electron chi connectivity index (χ1n) is 8.07. The number of carbonyl (C=O) groups is 1. The molecule has 0 aromatic carbocycles. The topological polar surface area (TPSA) is 72.5 Å². The van der Waals surface area contributed by atoms with Crippen LogP contribution in [0.3, 0.4) is 0 Å². The molecule has 5 nitrogen and oxygen atoms in total. The van der Waals surface area contributed by atoms with E-state index in [0.717, 1.165) is 20.0 Å². The molecule has 1 amide bonds. The van der Waals surface area contributed by atoms with Crippen LogP contribution >= 0.6 is 0 Å². The molecule has 0 radical (unpaired) electrons. The molecule has 0 aromatic heterocycles. The zero-order chi connectivity index (χ0) is 16.0. The van der Waals surface area contributed by atoms with Gasteiger partial charge in [-0.3, -0.25) is 8.98 Å². The van der Waals surface area contributed by atoms with E-state index in [4.69, 9.17) is 0 Å². The Balaban J connectivity index is -0.00000200. The van der Waals surface area contributed by atoms with Gasteiger partial charge in [0.05, 0.1) is 12.9 Å². The summed E-state index contributed by atoms with van der Waals surface area (Å²) < 4.78 is 26.4. The van der Waals surface area contributed by atoms with Crippen LogP contribution in [0, 0.1) is 0 Å². The van der Waals surface area contributed by atoms with Crippen LogP contribution < -0.4 is 34.9 Å². The zero-order valence-electron chi connectivity index (χ0n) is 15.5. The van der Waals surface area contributed by atoms with Gasteiger partial charge in [0.15, 0.2) is 0 Å². The van der Waals surface area contributed by atoms with Gasteiger partial charge in [-0.1, -0.05) is 58.3 Å². The van der Waals surface area contributed by atoms with Gasteiger partial charge < -0.3 is 6.74 Å². The molecule has 7 heteroatoms. The summed E-state index contributed by atoms with van der Waals surface area (Å²) in [5.41, 5.74) is 0. The molecule has 1 N–H and O–H groups in total. The van der Waals surface area contributed by atoms with Crippen molar-refractivity contribution >= 4 is 16.0 Å². The molecule has 0 spiro atoms. The van der Waals surface area contributed by atoms with E-state index in [1.54, 1.807) is 0 Å². The predicted molar refractivity (Wildman–Crippen MR) is 86.8 cm³/mol. The SMILES string of the molecule is CCCCCCCCCCCC(=O)NCCS(=O)(=O)OC.[H-].[Na+]. The molecule has 0 fully saturated rings. The third-order valence-electron chi connectivity index (χ3n) is 3.44. The number of hydrogen-bond acceptors (Lipinski definition) is 4. The summed E-state index contributed by atoms with van der Waals surface area (Å²) in [7, 11) is -2.35. The van der Waals surface area contributed by atoms with Gasteiger partial charge in [0.2, 0.25) is 5.91 Å². The fourth-order valence-electron chi connectivity index (χ4n) is 2.08. The number of nitrogens with one attached hydrogen (secondary N) is 1. The fraction of sp³-hybridized carbons (Fsp3) is 0.933. The standard InChI is InChI=1S/C15H31NO4S.Na.H/c1-3-4-5-6-7-8-9-10-11-12-15(17)16-13-14-21(18,19)20-2;;/h3-14H2,1-2H3,(H,16,17);;/q;+1;-1. The van der Waals surface area contributed by atoms with E-state index in [1.807, 2.05) is 0 Å². The molecule has 0 aliphatic rings. The van der Waals surface area contributed by atoms with Crippen molar-refractivity contribution in [3.63, 3.8) is 0 Å². The van der Waals surface area contributed by atoms with Crippen LogP contribution in [0.1, 0.15) is 72.6 Å². The third-order valence-corrected chi connectivity index (χ3v) is 4.65. The average molecular weight is 345 g/mol. The van der Waals surface area contributed by atoms with Crippen LogP contribution in [-0.4, -0.2) is 33.7 Å². The second-order valence-corrected chi connectivity index (χ2v) is 7.21. The summed E-state index contributed by atoms with van der Waals surface area (Å²) in [5.74, 6) is -0.253. The molecular weight excluding hydrogens is 313 g/mol. The first-order chi connectivity index (χ1) is 10.0. The summed E-state index contributed by atoms with van der Waals surface area (Å²) in [6.07, 6.45) is 11.4. The van der Waals surface area contributed by atoms with Crippen LogP contribution in [0.5, 0.6) is 0 Å². The van der Waals surface area contributed by atoms with Gasteiger partial charge in [-0.25, -0.2) is 0 Å². The third kappa shape index (κ3) is 16.7. The summed E-state index contributed by atoms with van der Waals surface area (Å²) >= 11 is 0. The summed E-state index contributed by atoms with van der Waals surface area (Å²) in [6, 6.07) is 0. The first-order valence-corrected chi connectivity index (χ1v) is 9.64. The van der Waals surface area contributed by atoms with Gasteiger partial charge in [0.25, 0.3) is 10.1 Å². The van der Waals surface area contributed by atoms with E-state index in [0.29, 0.717) is 6.42 Å². The van der Waals surface area contributed by atoms with Crippen LogP contribution in [-0.2, 0) is 19.1 Å². The largest absolute Gasteiger partial charge is 1.00 e. The van der Waals surface area contributed by atoms with Crippen LogP contribution in [0.15, 0.2) is 0 Å². The quantitative estimate of drug-likeness (QED) is 0.276. The normalized spacial score (nSPS) is 11.0. The maximum atomic E-state index is 11.5. The number of amides is 1. The maximum Gasteiger partial charge on any atom is 1.00 e. The maximum absolute atomic E-state index is 11.5. The van der Waals surface area contributed by atoms with Crippen molar-refractivity contribution in [3.05, 3.63) is 0 Å². The molecular formula is C15H32NNaO4S. The molecule has 0 bridgehead atoms.